The maximum Gasteiger partial charge on any atom is 0.305 e. The summed E-state index contributed by atoms with van der Waals surface area (Å²) in [6.07, 6.45) is 2.53. The molecule has 0 spiro atoms. The Kier molecular flexibility index (Phi) is 6.52. The average molecular weight is 347 g/mol. The van der Waals surface area contributed by atoms with Crippen LogP contribution in [0.2, 0.25) is 0 Å². The van der Waals surface area contributed by atoms with Crippen LogP contribution in [-0.4, -0.2) is 65.9 Å². The number of nitrogens with zero attached hydrogens (tertiary/aromatic N) is 2. The molecular weight excluding hydrogens is 322 g/mol. The molecule has 1 aliphatic heterocycles. The number of carbonyl (C=O) groups is 3. The summed E-state index contributed by atoms with van der Waals surface area (Å²) >= 11 is 0. The van der Waals surface area contributed by atoms with Gasteiger partial charge in [-0.05, 0) is 57.6 Å². The zero-order valence-corrected chi connectivity index (χ0v) is 14.7. The van der Waals surface area contributed by atoms with Crippen molar-refractivity contribution >= 4 is 23.5 Å². The van der Waals surface area contributed by atoms with Gasteiger partial charge in [-0.25, -0.2) is 0 Å². The first-order valence-corrected chi connectivity index (χ1v) is 8.44. The van der Waals surface area contributed by atoms with Crippen LogP contribution in [0.5, 0.6) is 0 Å². The van der Waals surface area contributed by atoms with Crippen LogP contribution in [-0.2, 0) is 9.59 Å². The minimum absolute atomic E-state index is 0.0234. The second kappa shape index (κ2) is 8.62. The summed E-state index contributed by atoms with van der Waals surface area (Å²) < 4.78 is 0. The van der Waals surface area contributed by atoms with E-state index in [4.69, 9.17) is 5.11 Å². The van der Waals surface area contributed by atoms with Crippen LogP contribution in [0, 0.1) is 0 Å². The van der Waals surface area contributed by atoms with Crippen molar-refractivity contribution in [3.8, 4) is 0 Å². The smallest absolute Gasteiger partial charge is 0.305 e. The van der Waals surface area contributed by atoms with E-state index >= 15 is 0 Å². The Balaban J connectivity index is 2.03. The Morgan fingerprint density at radius 1 is 1.20 bits per heavy atom. The number of benzene rings is 1. The van der Waals surface area contributed by atoms with E-state index in [1.807, 2.05) is 14.1 Å². The molecule has 1 saturated heterocycles. The second-order valence-electron chi connectivity index (χ2n) is 6.61. The maximum atomic E-state index is 12.7. The molecule has 136 valence electrons. The highest BCUT2D eigenvalue weighted by Crippen LogP contribution is 2.22. The van der Waals surface area contributed by atoms with Crippen molar-refractivity contribution < 1.29 is 19.5 Å². The van der Waals surface area contributed by atoms with Crippen molar-refractivity contribution in [2.75, 3.05) is 32.5 Å². The first kappa shape index (κ1) is 18.9. The Morgan fingerprint density at radius 3 is 2.48 bits per heavy atom. The number of carboxylic acid groups (broad SMARTS) is 1. The molecule has 1 unspecified atom stereocenters. The molecule has 1 aromatic rings. The van der Waals surface area contributed by atoms with E-state index in [0.717, 1.165) is 19.3 Å². The number of hydrogen-bond acceptors (Lipinski definition) is 4. The molecule has 7 nitrogen and oxygen atoms in total. The van der Waals surface area contributed by atoms with Gasteiger partial charge in [0.2, 0.25) is 5.91 Å². The first-order valence-electron chi connectivity index (χ1n) is 8.44. The molecule has 2 rings (SSSR count). The standard InChI is InChI=1S/C18H25N3O4/c1-20(2)12-16(22)19-14-8-6-13(7-9-14)18(25)21-10-4-3-5-15(21)11-17(23)24/h6-9,15H,3-5,10-12H2,1-2H3,(H,19,22)(H,23,24). The number of rotatable bonds is 6. The molecular formula is C18H25N3O4. The number of anilines is 1. The molecule has 2 N–H and O–H groups in total. The summed E-state index contributed by atoms with van der Waals surface area (Å²) in [7, 11) is 3.63. The molecule has 25 heavy (non-hydrogen) atoms. The lowest BCUT2D eigenvalue weighted by molar-refractivity contribution is -0.138. The van der Waals surface area contributed by atoms with E-state index in [0.29, 0.717) is 17.8 Å². The number of amides is 2. The molecule has 1 aliphatic rings. The van der Waals surface area contributed by atoms with Gasteiger partial charge in [-0.15, -0.1) is 0 Å². The minimum atomic E-state index is -0.886. The van der Waals surface area contributed by atoms with Crippen LogP contribution < -0.4 is 5.32 Å². The van der Waals surface area contributed by atoms with E-state index in [1.54, 1.807) is 34.1 Å². The van der Waals surface area contributed by atoms with Crippen molar-refractivity contribution in [1.82, 2.24) is 9.80 Å². The summed E-state index contributed by atoms with van der Waals surface area (Å²) in [6, 6.07) is 6.46. The highest BCUT2D eigenvalue weighted by atomic mass is 16.4. The van der Waals surface area contributed by atoms with Gasteiger partial charge in [0.05, 0.1) is 13.0 Å². The first-order chi connectivity index (χ1) is 11.9. The van der Waals surface area contributed by atoms with Gasteiger partial charge in [-0.2, -0.15) is 0 Å². The summed E-state index contributed by atoms with van der Waals surface area (Å²) in [5.41, 5.74) is 1.13. The van der Waals surface area contributed by atoms with Gasteiger partial charge in [0.15, 0.2) is 0 Å². The lowest BCUT2D eigenvalue weighted by atomic mass is 9.98. The van der Waals surface area contributed by atoms with Gasteiger partial charge in [0.25, 0.3) is 5.91 Å². The lowest BCUT2D eigenvalue weighted by Gasteiger charge is -2.35. The third kappa shape index (κ3) is 5.56. The fourth-order valence-electron chi connectivity index (χ4n) is 3.03. The van der Waals surface area contributed by atoms with Crippen molar-refractivity contribution in [3.63, 3.8) is 0 Å². The Bertz CT molecular complexity index is 628. The lowest BCUT2D eigenvalue weighted by Crippen LogP contribution is -2.44. The number of carbonyl (C=O) groups excluding carboxylic acids is 2. The largest absolute Gasteiger partial charge is 0.481 e. The van der Waals surface area contributed by atoms with Crippen molar-refractivity contribution in [1.29, 1.82) is 0 Å². The average Bonchev–Trinajstić information content (AvgIpc) is 2.54. The van der Waals surface area contributed by atoms with E-state index in [9.17, 15) is 14.4 Å². The van der Waals surface area contributed by atoms with Gasteiger partial charge >= 0.3 is 5.97 Å². The molecule has 0 radical (unpaired) electrons. The van der Waals surface area contributed by atoms with E-state index in [2.05, 4.69) is 5.32 Å². The fourth-order valence-corrected chi connectivity index (χ4v) is 3.03. The molecule has 1 atom stereocenters. The van der Waals surface area contributed by atoms with Crippen molar-refractivity contribution in [2.24, 2.45) is 0 Å². The minimum Gasteiger partial charge on any atom is -0.481 e. The number of hydrogen-bond donors (Lipinski definition) is 2. The summed E-state index contributed by atoms with van der Waals surface area (Å²) in [5, 5.41) is 11.8. The predicted molar refractivity (Wildman–Crippen MR) is 94.6 cm³/mol. The number of piperidine rings is 1. The highest BCUT2D eigenvalue weighted by Gasteiger charge is 2.29. The molecule has 2 amide bonds. The molecule has 7 heteroatoms. The molecule has 0 aromatic heterocycles. The zero-order valence-electron chi connectivity index (χ0n) is 14.7. The van der Waals surface area contributed by atoms with Crippen LogP contribution in [0.3, 0.4) is 0 Å². The third-order valence-corrected chi connectivity index (χ3v) is 4.17. The Labute approximate surface area is 147 Å². The van der Waals surface area contributed by atoms with Crippen molar-refractivity contribution in [2.45, 2.75) is 31.7 Å². The van der Waals surface area contributed by atoms with E-state index in [1.165, 1.54) is 0 Å². The van der Waals surface area contributed by atoms with Gasteiger partial charge in [-0.3, -0.25) is 14.4 Å². The summed E-state index contributed by atoms with van der Waals surface area (Å²) in [6.45, 7) is 0.865. The maximum absolute atomic E-state index is 12.7. The molecule has 0 bridgehead atoms. The van der Waals surface area contributed by atoms with Gasteiger partial charge in [-0.1, -0.05) is 0 Å². The molecule has 1 fully saturated rings. The summed E-state index contributed by atoms with van der Waals surface area (Å²) in [4.78, 5) is 38.9. The molecule has 1 heterocycles. The van der Waals surface area contributed by atoms with E-state index in [-0.39, 0.29) is 30.8 Å². The third-order valence-electron chi connectivity index (χ3n) is 4.17. The normalized spacial score (nSPS) is 17.4. The van der Waals surface area contributed by atoms with Crippen molar-refractivity contribution in [3.05, 3.63) is 29.8 Å². The summed E-state index contributed by atoms with van der Waals surface area (Å²) in [5.74, 6) is -1.16. The monoisotopic (exact) mass is 347 g/mol. The van der Waals surface area contributed by atoms with Gasteiger partial charge in [0, 0.05) is 23.8 Å². The van der Waals surface area contributed by atoms with Crippen LogP contribution in [0.25, 0.3) is 0 Å². The van der Waals surface area contributed by atoms with Crippen LogP contribution >= 0.6 is 0 Å². The molecule has 0 saturated carbocycles. The van der Waals surface area contributed by atoms with Crippen LogP contribution in [0.15, 0.2) is 24.3 Å². The number of carboxylic acids is 1. The topological polar surface area (TPSA) is 90.0 Å². The number of likely N-dealkylation sites (N-methyl/N-ethyl adjacent to an activating group) is 1. The predicted octanol–water partition coefficient (Wildman–Crippen LogP) is 1.66. The highest BCUT2D eigenvalue weighted by molar-refractivity contribution is 5.96. The molecule has 1 aromatic carbocycles. The quantitative estimate of drug-likeness (QED) is 0.817. The van der Waals surface area contributed by atoms with Crippen LogP contribution in [0.4, 0.5) is 5.69 Å². The second-order valence-corrected chi connectivity index (χ2v) is 6.61. The number of aliphatic carboxylic acids is 1. The van der Waals surface area contributed by atoms with Crippen LogP contribution in [0.1, 0.15) is 36.0 Å². The Hall–Kier alpha value is -2.41. The number of likely N-dealkylation sites (tertiary alicyclic amines) is 1. The van der Waals surface area contributed by atoms with E-state index < -0.39 is 5.97 Å². The van der Waals surface area contributed by atoms with Gasteiger partial charge < -0.3 is 20.2 Å². The fraction of sp³-hybridized carbons (Fsp3) is 0.500. The number of nitrogens with one attached hydrogen (secondary N) is 1. The SMILES string of the molecule is CN(C)CC(=O)Nc1ccc(C(=O)N2CCCCC2CC(=O)O)cc1. The molecule has 0 aliphatic carbocycles. The zero-order chi connectivity index (χ0) is 18.4. The van der Waals surface area contributed by atoms with Gasteiger partial charge in [0.1, 0.15) is 0 Å². The Morgan fingerprint density at radius 2 is 1.88 bits per heavy atom.